The predicted octanol–water partition coefficient (Wildman–Crippen LogP) is 3.24. The Bertz CT molecular complexity index is 766. The minimum absolute atomic E-state index is 0.179. The Labute approximate surface area is 160 Å². The molecule has 6 heteroatoms. The van der Waals surface area contributed by atoms with Crippen LogP contribution in [0.1, 0.15) is 24.0 Å². The highest BCUT2D eigenvalue weighted by Gasteiger charge is 2.37. The lowest BCUT2D eigenvalue weighted by molar-refractivity contribution is 0.116. The SMILES string of the molecule is CN(C)C1(Cc2ccc(Cl)cc2)CCN(c2ncnc3c2CCN3)CC1. The van der Waals surface area contributed by atoms with E-state index < -0.39 is 0 Å². The van der Waals surface area contributed by atoms with Gasteiger partial charge in [0.15, 0.2) is 0 Å². The first kappa shape index (κ1) is 17.6. The van der Waals surface area contributed by atoms with Gasteiger partial charge in [-0.3, -0.25) is 0 Å². The lowest BCUT2D eigenvalue weighted by Crippen LogP contribution is -2.54. The summed E-state index contributed by atoms with van der Waals surface area (Å²) in [4.78, 5) is 13.8. The first-order chi connectivity index (χ1) is 12.6. The number of piperidine rings is 1. The topological polar surface area (TPSA) is 44.3 Å². The fourth-order valence-electron chi connectivity index (χ4n) is 4.26. The van der Waals surface area contributed by atoms with Gasteiger partial charge in [-0.2, -0.15) is 0 Å². The predicted molar refractivity (Wildman–Crippen MR) is 107 cm³/mol. The number of nitrogens with zero attached hydrogens (tertiary/aromatic N) is 4. The first-order valence-electron chi connectivity index (χ1n) is 9.32. The quantitative estimate of drug-likeness (QED) is 0.893. The first-order valence-corrected chi connectivity index (χ1v) is 9.70. The van der Waals surface area contributed by atoms with Crippen LogP contribution in [0.3, 0.4) is 0 Å². The van der Waals surface area contributed by atoms with Gasteiger partial charge in [-0.25, -0.2) is 9.97 Å². The molecule has 4 rings (SSSR count). The van der Waals surface area contributed by atoms with Crippen LogP contribution in [0.5, 0.6) is 0 Å². The van der Waals surface area contributed by atoms with Crippen molar-refractivity contribution < 1.29 is 0 Å². The maximum absolute atomic E-state index is 6.05. The van der Waals surface area contributed by atoms with Gasteiger partial charge in [-0.1, -0.05) is 23.7 Å². The number of anilines is 2. The number of hydrogen-bond donors (Lipinski definition) is 1. The summed E-state index contributed by atoms with van der Waals surface area (Å²) < 4.78 is 0. The third kappa shape index (κ3) is 3.26. The van der Waals surface area contributed by atoms with Crippen molar-refractivity contribution in [2.45, 2.75) is 31.2 Å². The van der Waals surface area contributed by atoms with Crippen molar-refractivity contribution in [1.82, 2.24) is 14.9 Å². The van der Waals surface area contributed by atoms with Crippen LogP contribution in [-0.4, -0.2) is 54.1 Å². The van der Waals surface area contributed by atoms with E-state index in [0.29, 0.717) is 0 Å². The second-order valence-corrected chi connectivity index (χ2v) is 8.05. The van der Waals surface area contributed by atoms with Gasteiger partial charge in [0.1, 0.15) is 18.0 Å². The van der Waals surface area contributed by atoms with Crippen molar-refractivity contribution in [3.8, 4) is 0 Å². The molecule has 1 N–H and O–H groups in total. The van der Waals surface area contributed by atoms with Gasteiger partial charge < -0.3 is 15.1 Å². The lowest BCUT2D eigenvalue weighted by Gasteiger charge is -2.47. The highest BCUT2D eigenvalue weighted by atomic mass is 35.5. The summed E-state index contributed by atoms with van der Waals surface area (Å²) >= 11 is 6.05. The molecule has 1 aromatic carbocycles. The van der Waals surface area contributed by atoms with E-state index in [1.54, 1.807) is 6.33 Å². The molecule has 0 amide bonds. The summed E-state index contributed by atoms with van der Waals surface area (Å²) in [7, 11) is 4.41. The molecule has 3 heterocycles. The molecule has 2 aromatic rings. The second kappa shape index (κ2) is 7.05. The molecule has 0 saturated carbocycles. The highest BCUT2D eigenvalue weighted by molar-refractivity contribution is 6.30. The van der Waals surface area contributed by atoms with E-state index in [1.165, 1.54) is 11.1 Å². The molecule has 26 heavy (non-hydrogen) atoms. The van der Waals surface area contributed by atoms with Crippen LogP contribution in [0, 0.1) is 0 Å². The van der Waals surface area contributed by atoms with E-state index in [4.69, 9.17) is 11.6 Å². The molecule has 1 aromatic heterocycles. The summed E-state index contributed by atoms with van der Waals surface area (Å²) in [6, 6.07) is 8.30. The Morgan fingerprint density at radius 1 is 1.15 bits per heavy atom. The van der Waals surface area contributed by atoms with Gasteiger partial charge in [0, 0.05) is 35.8 Å². The monoisotopic (exact) mass is 371 g/mol. The summed E-state index contributed by atoms with van der Waals surface area (Å²) in [5.41, 5.74) is 2.81. The molecular formula is C20H26ClN5. The minimum Gasteiger partial charge on any atom is -0.369 e. The molecule has 0 atom stereocenters. The van der Waals surface area contributed by atoms with E-state index in [2.05, 4.69) is 51.3 Å². The van der Waals surface area contributed by atoms with Gasteiger partial charge in [0.05, 0.1) is 0 Å². The Morgan fingerprint density at radius 3 is 2.58 bits per heavy atom. The van der Waals surface area contributed by atoms with Crippen LogP contribution in [-0.2, 0) is 12.8 Å². The molecule has 0 aliphatic carbocycles. The van der Waals surface area contributed by atoms with Crippen LogP contribution < -0.4 is 10.2 Å². The zero-order chi connectivity index (χ0) is 18.1. The van der Waals surface area contributed by atoms with E-state index in [1.807, 2.05) is 12.1 Å². The number of nitrogens with one attached hydrogen (secondary N) is 1. The van der Waals surface area contributed by atoms with Crippen molar-refractivity contribution in [3.05, 3.63) is 46.7 Å². The Morgan fingerprint density at radius 2 is 1.88 bits per heavy atom. The van der Waals surface area contributed by atoms with Gasteiger partial charge >= 0.3 is 0 Å². The maximum atomic E-state index is 6.05. The van der Waals surface area contributed by atoms with Crippen molar-refractivity contribution in [3.63, 3.8) is 0 Å². The van der Waals surface area contributed by atoms with Crippen LogP contribution in [0.15, 0.2) is 30.6 Å². The molecule has 5 nitrogen and oxygen atoms in total. The second-order valence-electron chi connectivity index (χ2n) is 7.61. The summed E-state index contributed by atoms with van der Waals surface area (Å²) in [5, 5.41) is 4.15. The van der Waals surface area contributed by atoms with E-state index in [0.717, 1.165) is 62.0 Å². The normalized spacial score (nSPS) is 18.7. The molecule has 0 spiro atoms. The molecular weight excluding hydrogens is 346 g/mol. The standard InChI is InChI=1S/C20H26ClN5/c1-25(2)20(13-15-3-5-16(21)6-4-15)8-11-26(12-9-20)19-17-7-10-22-18(17)23-14-24-19/h3-6,14H,7-13H2,1-2H3,(H,22,23,24). The average molecular weight is 372 g/mol. The average Bonchev–Trinajstić information content (AvgIpc) is 3.13. The van der Waals surface area contributed by atoms with Crippen LogP contribution in [0.25, 0.3) is 0 Å². The van der Waals surface area contributed by atoms with Gasteiger partial charge in [0.2, 0.25) is 0 Å². The van der Waals surface area contributed by atoms with Crippen molar-refractivity contribution >= 4 is 23.2 Å². The fourth-order valence-corrected chi connectivity index (χ4v) is 4.39. The third-order valence-electron chi connectivity index (χ3n) is 5.98. The zero-order valence-electron chi connectivity index (χ0n) is 15.5. The van der Waals surface area contributed by atoms with Gasteiger partial charge in [-0.15, -0.1) is 0 Å². The maximum Gasteiger partial charge on any atom is 0.137 e. The number of hydrogen-bond acceptors (Lipinski definition) is 5. The molecule has 2 aliphatic rings. The van der Waals surface area contributed by atoms with E-state index in [9.17, 15) is 0 Å². The molecule has 0 bridgehead atoms. The van der Waals surface area contributed by atoms with E-state index >= 15 is 0 Å². The molecule has 138 valence electrons. The summed E-state index contributed by atoms with van der Waals surface area (Å²) in [6.45, 7) is 3.01. The summed E-state index contributed by atoms with van der Waals surface area (Å²) in [6.07, 6.45) is 6.00. The Kier molecular flexibility index (Phi) is 4.76. The lowest BCUT2D eigenvalue weighted by atomic mass is 9.80. The molecule has 0 unspecified atom stereocenters. The fraction of sp³-hybridized carbons (Fsp3) is 0.500. The van der Waals surface area contributed by atoms with Crippen molar-refractivity contribution in [2.24, 2.45) is 0 Å². The third-order valence-corrected chi connectivity index (χ3v) is 6.23. The van der Waals surface area contributed by atoms with Gasteiger partial charge in [0.25, 0.3) is 0 Å². The van der Waals surface area contributed by atoms with Crippen molar-refractivity contribution in [2.75, 3.05) is 43.9 Å². The number of likely N-dealkylation sites (N-methyl/N-ethyl adjacent to an activating group) is 1. The van der Waals surface area contributed by atoms with E-state index in [-0.39, 0.29) is 5.54 Å². The molecule has 0 radical (unpaired) electrons. The number of benzene rings is 1. The Hall–Kier alpha value is -1.85. The van der Waals surface area contributed by atoms with Crippen LogP contribution in [0.4, 0.5) is 11.6 Å². The Balaban J connectivity index is 1.51. The number of fused-ring (bicyclic) bond motifs is 1. The number of aromatic nitrogens is 2. The minimum atomic E-state index is 0.179. The van der Waals surface area contributed by atoms with Crippen LogP contribution in [0.2, 0.25) is 5.02 Å². The smallest absolute Gasteiger partial charge is 0.137 e. The number of halogens is 1. The summed E-state index contributed by atoms with van der Waals surface area (Å²) in [5.74, 6) is 2.14. The largest absolute Gasteiger partial charge is 0.369 e. The molecule has 1 fully saturated rings. The number of rotatable bonds is 4. The molecule has 2 aliphatic heterocycles. The van der Waals surface area contributed by atoms with Crippen molar-refractivity contribution in [1.29, 1.82) is 0 Å². The highest BCUT2D eigenvalue weighted by Crippen LogP contribution is 2.35. The molecule has 1 saturated heterocycles. The van der Waals surface area contributed by atoms with Gasteiger partial charge in [-0.05, 0) is 57.5 Å². The van der Waals surface area contributed by atoms with Crippen LogP contribution >= 0.6 is 11.6 Å². The zero-order valence-corrected chi connectivity index (χ0v) is 16.3.